The van der Waals surface area contributed by atoms with Gasteiger partial charge in [0, 0.05) is 18.0 Å². The van der Waals surface area contributed by atoms with Crippen LogP contribution in [0.25, 0.3) is 11.4 Å². The average Bonchev–Trinajstić information content (AvgIpc) is 2.83. The van der Waals surface area contributed by atoms with Gasteiger partial charge in [-0.25, -0.2) is 9.97 Å². The van der Waals surface area contributed by atoms with E-state index in [1.807, 2.05) is 19.3 Å². The van der Waals surface area contributed by atoms with Crippen molar-refractivity contribution >= 4 is 5.97 Å². The molecule has 0 fully saturated rings. The zero-order valence-corrected chi connectivity index (χ0v) is 21.1. The van der Waals surface area contributed by atoms with Gasteiger partial charge >= 0.3 is 12.1 Å². The molecule has 194 valence electrons. The van der Waals surface area contributed by atoms with Gasteiger partial charge in [-0.15, -0.1) is 0 Å². The second kappa shape index (κ2) is 15.5. The Hall–Kier alpha value is -2.44. The van der Waals surface area contributed by atoms with E-state index in [-0.39, 0.29) is 12.2 Å². The van der Waals surface area contributed by atoms with Crippen LogP contribution in [0, 0.1) is 5.92 Å². The van der Waals surface area contributed by atoms with Gasteiger partial charge in [-0.1, -0.05) is 71.6 Å². The van der Waals surface area contributed by atoms with Crippen molar-refractivity contribution in [3.05, 3.63) is 42.2 Å². The largest absolute Gasteiger partial charge is 0.427 e. The zero-order chi connectivity index (χ0) is 25.5. The van der Waals surface area contributed by atoms with E-state index in [4.69, 9.17) is 4.74 Å². The molecule has 2 aromatic rings. The van der Waals surface area contributed by atoms with Gasteiger partial charge in [0.25, 0.3) is 0 Å². The van der Waals surface area contributed by atoms with Crippen molar-refractivity contribution in [1.29, 1.82) is 0 Å². The van der Waals surface area contributed by atoms with Crippen molar-refractivity contribution in [2.75, 3.05) is 0 Å². The molecule has 1 unspecified atom stereocenters. The number of unbranched alkanes of at least 4 members (excludes halogenated alkanes) is 8. The normalized spacial score (nSPS) is 12.5. The molecule has 0 amide bonds. The van der Waals surface area contributed by atoms with Gasteiger partial charge < -0.3 is 4.74 Å². The minimum Gasteiger partial charge on any atom is -0.427 e. The first kappa shape index (κ1) is 28.8. The molecule has 0 radical (unpaired) electrons. The van der Waals surface area contributed by atoms with Gasteiger partial charge in [-0.2, -0.15) is 13.2 Å². The molecule has 7 heteroatoms. The van der Waals surface area contributed by atoms with Crippen LogP contribution in [0.3, 0.4) is 0 Å². The number of nitrogens with zero attached hydrogens (tertiary/aromatic N) is 2. The van der Waals surface area contributed by atoms with Crippen LogP contribution in [-0.2, 0) is 11.2 Å². The van der Waals surface area contributed by atoms with Crippen LogP contribution in [-0.4, -0.2) is 22.1 Å². The highest BCUT2D eigenvalue weighted by atomic mass is 19.4. The van der Waals surface area contributed by atoms with Crippen LogP contribution in [0.15, 0.2) is 36.7 Å². The molecule has 1 aromatic heterocycles. The molecule has 4 nitrogen and oxygen atoms in total. The predicted molar refractivity (Wildman–Crippen MR) is 133 cm³/mol. The second-order valence-corrected chi connectivity index (χ2v) is 9.22. The molecule has 0 aliphatic rings. The first-order chi connectivity index (χ1) is 16.8. The number of alkyl halides is 3. The van der Waals surface area contributed by atoms with Crippen LogP contribution in [0.1, 0.15) is 96.5 Å². The van der Waals surface area contributed by atoms with Crippen LogP contribution in [0.2, 0.25) is 0 Å². The lowest BCUT2D eigenvalue weighted by molar-refractivity contribution is -0.183. The molecule has 1 heterocycles. The van der Waals surface area contributed by atoms with E-state index in [1.165, 1.54) is 44.9 Å². The molecule has 0 bridgehead atoms. The fourth-order valence-corrected chi connectivity index (χ4v) is 3.97. The van der Waals surface area contributed by atoms with Gasteiger partial charge in [0.05, 0.1) is 12.3 Å². The van der Waals surface area contributed by atoms with Crippen molar-refractivity contribution in [1.82, 2.24) is 9.97 Å². The van der Waals surface area contributed by atoms with Gasteiger partial charge in [0.2, 0.25) is 0 Å². The molecule has 35 heavy (non-hydrogen) atoms. The molecule has 0 saturated carbocycles. The van der Waals surface area contributed by atoms with Crippen LogP contribution in [0.4, 0.5) is 13.2 Å². The molecular weight excluding hydrogens is 453 g/mol. The first-order valence-corrected chi connectivity index (χ1v) is 13.0. The summed E-state index contributed by atoms with van der Waals surface area (Å²) in [5, 5.41) is 0. The summed E-state index contributed by atoms with van der Waals surface area (Å²) in [4.78, 5) is 20.9. The van der Waals surface area contributed by atoms with Crippen molar-refractivity contribution in [3.63, 3.8) is 0 Å². The number of hydrogen-bond donors (Lipinski definition) is 0. The third-order valence-electron chi connectivity index (χ3n) is 6.15. The summed E-state index contributed by atoms with van der Waals surface area (Å²) in [6, 6.07) is 6.52. The van der Waals surface area contributed by atoms with Crippen molar-refractivity contribution in [3.8, 4) is 17.1 Å². The number of ether oxygens (including phenoxy) is 1. The number of carbonyl (C=O) groups excluding carboxylic acids is 1. The summed E-state index contributed by atoms with van der Waals surface area (Å²) >= 11 is 0. The Morgan fingerprint density at radius 1 is 0.857 bits per heavy atom. The summed E-state index contributed by atoms with van der Waals surface area (Å²) in [6.07, 6.45) is 10.8. The summed E-state index contributed by atoms with van der Waals surface area (Å²) in [6.45, 7) is 4.05. The lowest BCUT2D eigenvalue weighted by atomic mass is 9.98. The Kier molecular flexibility index (Phi) is 12.8. The topological polar surface area (TPSA) is 52.1 Å². The van der Waals surface area contributed by atoms with E-state index in [9.17, 15) is 18.0 Å². The fourth-order valence-electron chi connectivity index (χ4n) is 3.97. The van der Waals surface area contributed by atoms with Crippen molar-refractivity contribution < 1.29 is 22.7 Å². The second-order valence-electron chi connectivity index (χ2n) is 9.22. The van der Waals surface area contributed by atoms with Crippen LogP contribution in [0.5, 0.6) is 5.75 Å². The lowest BCUT2D eigenvalue weighted by Gasteiger charge is -2.19. The smallest absolute Gasteiger partial charge is 0.392 e. The number of carbonyl (C=O) groups is 1. The Morgan fingerprint density at radius 2 is 1.43 bits per heavy atom. The Labute approximate surface area is 207 Å². The molecule has 1 atom stereocenters. The number of aryl methyl sites for hydroxylation is 1. The number of esters is 1. The quantitative estimate of drug-likeness (QED) is 0.134. The molecule has 2 rings (SSSR count). The molecule has 0 saturated heterocycles. The van der Waals surface area contributed by atoms with Gasteiger partial charge in [0.15, 0.2) is 5.82 Å². The Bertz CT molecular complexity index is 852. The third-order valence-corrected chi connectivity index (χ3v) is 6.15. The minimum atomic E-state index is -4.41. The minimum absolute atomic E-state index is 0.0690. The summed E-state index contributed by atoms with van der Waals surface area (Å²) in [5.41, 5.74) is 1.85. The lowest BCUT2D eigenvalue weighted by Crippen LogP contribution is -2.27. The molecule has 1 aromatic carbocycles. The number of benzene rings is 1. The monoisotopic (exact) mass is 492 g/mol. The first-order valence-electron chi connectivity index (χ1n) is 13.0. The summed E-state index contributed by atoms with van der Waals surface area (Å²) in [5.74, 6) is -1.79. The molecule has 0 aliphatic heterocycles. The maximum atomic E-state index is 13.1. The van der Waals surface area contributed by atoms with E-state index in [2.05, 4.69) is 16.9 Å². The number of rotatable bonds is 16. The van der Waals surface area contributed by atoms with E-state index in [0.29, 0.717) is 18.7 Å². The molecule has 0 N–H and O–H groups in total. The van der Waals surface area contributed by atoms with E-state index in [1.54, 1.807) is 24.3 Å². The fraction of sp³-hybridized carbons (Fsp3) is 0.607. The number of halogens is 3. The Balaban J connectivity index is 1.79. The van der Waals surface area contributed by atoms with Crippen molar-refractivity contribution in [2.24, 2.45) is 5.92 Å². The zero-order valence-electron chi connectivity index (χ0n) is 21.1. The highest BCUT2D eigenvalue weighted by Crippen LogP contribution is 2.33. The van der Waals surface area contributed by atoms with Gasteiger partial charge in [-0.05, 0) is 49.1 Å². The molecule has 0 spiro atoms. The summed E-state index contributed by atoms with van der Waals surface area (Å²) in [7, 11) is 0. The Morgan fingerprint density at radius 3 is 2.00 bits per heavy atom. The highest BCUT2D eigenvalue weighted by Gasteiger charge is 2.40. The maximum absolute atomic E-state index is 13.1. The summed E-state index contributed by atoms with van der Waals surface area (Å²) < 4.78 is 44.6. The molecule has 0 aliphatic carbocycles. The van der Waals surface area contributed by atoms with Crippen molar-refractivity contribution in [2.45, 2.75) is 103 Å². The highest BCUT2D eigenvalue weighted by molar-refractivity contribution is 5.73. The van der Waals surface area contributed by atoms with E-state index in [0.717, 1.165) is 24.0 Å². The standard InChI is InChI=1S/C28H39F3N2O2/c1-3-5-7-8-9-10-11-12-13-22-20-32-27(33-21-22)23-15-17-25(18-16-23)35-26(34)19-24(14-6-4-2)28(29,30)31/h15-18,20-21,24H,3-14,19H2,1-2H3. The van der Waals surface area contributed by atoms with Gasteiger partial charge in [-0.3, -0.25) is 4.79 Å². The maximum Gasteiger partial charge on any atom is 0.392 e. The van der Waals surface area contributed by atoms with Crippen LogP contribution >= 0.6 is 0 Å². The van der Waals surface area contributed by atoms with Gasteiger partial charge in [0.1, 0.15) is 5.75 Å². The van der Waals surface area contributed by atoms with E-state index < -0.39 is 24.5 Å². The predicted octanol–water partition coefficient (Wildman–Crippen LogP) is 8.49. The van der Waals surface area contributed by atoms with E-state index >= 15 is 0 Å². The number of hydrogen-bond acceptors (Lipinski definition) is 4. The van der Waals surface area contributed by atoms with Crippen LogP contribution < -0.4 is 4.74 Å². The average molecular weight is 493 g/mol. The SMILES string of the molecule is CCCCCCCCCCc1cnc(-c2ccc(OC(=O)CC(CCCC)C(F)(F)F)cc2)nc1. The third kappa shape index (κ3) is 11.2. The number of aromatic nitrogens is 2. The molecular formula is C28H39F3N2O2.